The highest BCUT2D eigenvalue weighted by Gasteiger charge is 2.21. The molecule has 2 N–H and O–H groups in total. The zero-order chi connectivity index (χ0) is 17.4. The van der Waals surface area contributed by atoms with Crippen LogP contribution in [0.1, 0.15) is 26.7 Å². The van der Waals surface area contributed by atoms with E-state index in [9.17, 15) is 14.0 Å². The largest absolute Gasteiger partial charge is 0.383 e. The van der Waals surface area contributed by atoms with Gasteiger partial charge in [0.2, 0.25) is 0 Å². The van der Waals surface area contributed by atoms with Crippen LogP contribution in [0, 0.1) is 5.82 Å². The lowest BCUT2D eigenvalue weighted by Crippen LogP contribution is -2.34. The molecule has 0 unspecified atom stereocenters. The molecule has 0 saturated carbocycles. The molecular formula is C16H16ClFN4O2. The molecule has 0 bridgehead atoms. The second kappa shape index (κ2) is 6.24. The number of pyridine rings is 1. The Morgan fingerprint density at radius 2 is 2.17 bits per heavy atom. The highest BCUT2D eigenvalue weighted by atomic mass is 35.5. The summed E-state index contributed by atoms with van der Waals surface area (Å²) < 4.78 is 15.0. The summed E-state index contributed by atoms with van der Waals surface area (Å²) >= 11 is 5.78. The van der Waals surface area contributed by atoms with E-state index in [-0.39, 0.29) is 16.2 Å². The number of dihydropyridines is 1. The van der Waals surface area contributed by atoms with Crippen molar-refractivity contribution in [3.8, 4) is 0 Å². The molecule has 1 aliphatic heterocycles. The SMILES string of the molecule is CCCC1=C(n2c(=O)[nH]c(=O)c3cc(F)c(Cl)nc32)C(C)=CCN1. The van der Waals surface area contributed by atoms with E-state index in [0.717, 1.165) is 30.2 Å². The van der Waals surface area contributed by atoms with Crippen molar-refractivity contribution in [1.29, 1.82) is 0 Å². The van der Waals surface area contributed by atoms with Crippen LogP contribution in [-0.4, -0.2) is 21.1 Å². The van der Waals surface area contributed by atoms with E-state index in [1.807, 2.05) is 19.9 Å². The topological polar surface area (TPSA) is 79.8 Å². The molecule has 126 valence electrons. The fourth-order valence-corrected chi connectivity index (χ4v) is 2.97. The Morgan fingerprint density at radius 1 is 1.42 bits per heavy atom. The normalized spacial score (nSPS) is 14.8. The molecule has 0 atom stereocenters. The molecule has 0 spiro atoms. The molecule has 0 aliphatic carbocycles. The van der Waals surface area contributed by atoms with Crippen LogP contribution in [0.2, 0.25) is 5.15 Å². The molecule has 0 aromatic carbocycles. The Labute approximate surface area is 141 Å². The van der Waals surface area contributed by atoms with Crippen LogP contribution in [0.5, 0.6) is 0 Å². The molecule has 2 aromatic heterocycles. The molecule has 24 heavy (non-hydrogen) atoms. The Hall–Kier alpha value is -2.41. The van der Waals surface area contributed by atoms with Gasteiger partial charge in [0.05, 0.1) is 11.1 Å². The van der Waals surface area contributed by atoms with Crippen LogP contribution in [0.3, 0.4) is 0 Å². The van der Waals surface area contributed by atoms with Crippen molar-refractivity contribution in [2.45, 2.75) is 26.7 Å². The van der Waals surface area contributed by atoms with Gasteiger partial charge in [-0.05, 0) is 25.0 Å². The molecular weight excluding hydrogens is 335 g/mol. The summed E-state index contributed by atoms with van der Waals surface area (Å²) in [4.78, 5) is 30.7. The molecule has 6 nitrogen and oxygen atoms in total. The van der Waals surface area contributed by atoms with E-state index in [2.05, 4.69) is 15.3 Å². The lowest BCUT2D eigenvalue weighted by Gasteiger charge is -2.23. The first-order chi connectivity index (χ1) is 11.4. The number of allylic oxidation sites excluding steroid dienone is 3. The summed E-state index contributed by atoms with van der Waals surface area (Å²) in [6.45, 7) is 4.56. The fourth-order valence-electron chi connectivity index (χ4n) is 2.83. The maximum absolute atomic E-state index is 13.7. The molecule has 3 rings (SSSR count). The van der Waals surface area contributed by atoms with Gasteiger partial charge in [0, 0.05) is 12.2 Å². The summed E-state index contributed by atoms with van der Waals surface area (Å²) in [5.41, 5.74) is 1.06. The predicted molar refractivity (Wildman–Crippen MR) is 91.5 cm³/mol. The molecule has 1 aliphatic rings. The van der Waals surface area contributed by atoms with Gasteiger partial charge in [-0.2, -0.15) is 0 Å². The molecule has 0 amide bonds. The first-order valence-electron chi connectivity index (χ1n) is 7.59. The van der Waals surface area contributed by atoms with Crippen LogP contribution in [-0.2, 0) is 0 Å². The van der Waals surface area contributed by atoms with E-state index < -0.39 is 17.1 Å². The summed E-state index contributed by atoms with van der Waals surface area (Å²) in [5, 5.41) is 2.83. The number of hydrogen-bond donors (Lipinski definition) is 2. The first kappa shape index (κ1) is 16.4. The van der Waals surface area contributed by atoms with Crippen molar-refractivity contribution >= 4 is 28.3 Å². The van der Waals surface area contributed by atoms with Gasteiger partial charge in [0.15, 0.2) is 16.6 Å². The number of aromatic nitrogens is 3. The zero-order valence-electron chi connectivity index (χ0n) is 13.2. The average molecular weight is 351 g/mol. The Balaban J connectivity index is 2.45. The lowest BCUT2D eigenvalue weighted by molar-refractivity contribution is 0.623. The van der Waals surface area contributed by atoms with Gasteiger partial charge in [0.25, 0.3) is 5.56 Å². The van der Waals surface area contributed by atoms with Crippen LogP contribution in [0.15, 0.2) is 33.0 Å². The van der Waals surface area contributed by atoms with E-state index in [0.29, 0.717) is 12.2 Å². The maximum atomic E-state index is 13.7. The average Bonchev–Trinajstić information content (AvgIpc) is 2.52. The summed E-state index contributed by atoms with van der Waals surface area (Å²) in [6.07, 6.45) is 3.53. The van der Waals surface area contributed by atoms with Gasteiger partial charge in [-0.25, -0.2) is 18.7 Å². The third kappa shape index (κ3) is 2.65. The molecule has 3 heterocycles. The minimum Gasteiger partial charge on any atom is -0.383 e. The standard InChI is InChI=1S/C16H16ClFN4O2/c1-3-4-11-12(8(2)5-6-19-11)22-14-9(15(23)21-16(22)24)7-10(18)13(17)20-14/h5,7,19H,3-4,6H2,1-2H3,(H,21,23,24). The lowest BCUT2D eigenvalue weighted by atomic mass is 10.1. The maximum Gasteiger partial charge on any atom is 0.334 e. The van der Waals surface area contributed by atoms with Crippen LogP contribution < -0.4 is 16.6 Å². The number of halogens is 2. The highest BCUT2D eigenvalue weighted by Crippen LogP contribution is 2.26. The smallest absolute Gasteiger partial charge is 0.334 e. The van der Waals surface area contributed by atoms with Crippen molar-refractivity contribution in [1.82, 2.24) is 19.9 Å². The van der Waals surface area contributed by atoms with Gasteiger partial charge in [-0.3, -0.25) is 9.78 Å². The second-order valence-corrected chi connectivity index (χ2v) is 5.93. The van der Waals surface area contributed by atoms with Gasteiger partial charge in [0.1, 0.15) is 0 Å². The molecule has 8 heteroatoms. The van der Waals surface area contributed by atoms with Gasteiger partial charge in [-0.15, -0.1) is 0 Å². The molecule has 0 saturated heterocycles. The minimum absolute atomic E-state index is 0.0294. The number of H-pyrrole nitrogens is 1. The van der Waals surface area contributed by atoms with Crippen LogP contribution in [0.4, 0.5) is 4.39 Å². The monoisotopic (exact) mass is 350 g/mol. The number of nitrogens with one attached hydrogen (secondary N) is 2. The Bertz CT molecular complexity index is 1000. The van der Waals surface area contributed by atoms with Crippen molar-refractivity contribution in [3.05, 3.63) is 55.2 Å². The van der Waals surface area contributed by atoms with E-state index in [1.165, 1.54) is 4.57 Å². The summed E-state index contributed by atoms with van der Waals surface area (Å²) in [5.74, 6) is -0.809. The predicted octanol–water partition coefficient (Wildman–Crippen LogP) is 2.40. The van der Waals surface area contributed by atoms with E-state index in [4.69, 9.17) is 11.6 Å². The minimum atomic E-state index is -0.809. The van der Waals surface area contributed by atoms with Crippen molar-refractivity contribution in [3.63, 3.8) is 0 Å². The Kier molecular flexibility index (Phi) is 4.28. The first-order valence-corrected chi connectivity index (χ1v) is 7.97. The third-order valence-electron chi connectivity index (χ3n) is 3.90. The van der Waals surface area contributed by atoms with Crippen molar-refractivity contribution in [2.24, 2.45) is 0 Å². The van der Waals surface area contributed by atoms with Gasteiger partial charge < -0.3 is 5.32 Å². The van der Waals surface area contributed by atoms with Crippen LogP contribution >= 0.6 is 11.6 Å². The third-order valence-corrected chi connectivity index (χ3v) is 4.16. The second-order valence-electron chi connectivity index (χ2n) is 5.57. The molecule has 2 aromatic rings. The highest BCUT2D eigenvalue weighted by molar-refractivity contribution is 6.29. The number of rotatable bonds is 3. The number of fused-ring (bicyclic) bond motifs is 1. The van der Waals surface area contributed by atoms with E-state index in [1.54, 1.807) is 0 Å². The number of nitrogens with zero attached hydrogens (tertiary/aromatic N) is 2. The molecule has 0 radical (unpaired) electrons. The van der Waals surface area contributed by atoms with E-state index >= 15 is 0 Å². The van der Waals surface area contributed by atoms with Gasteiger partial charge in [-0.1, -0.05) is 31.0 Å². The summed E-state index contributed by atoms with van der Waals surface area (Å²) in [7, 11) is 0. The van der Waals surface area contributed by atoms with Crippen LogP contribution in [0.25, 0.3) is 16.7 Å². The van der Waals surface area contributed by atoms with Gasteiger partial charge >= 0.3 is 5.69 Å². The van der Waals surface area contributed by atoms with Crippen molar-refractivity contribution < 1.29 is 4.39 Å². The number of aromatic amines is 1. The molecule has 0 fully saturated rings. The van der Waals surface area contributed by atoms with Crippen molar-refractivity contribution in [2.75, 3.05) is 6.54 Å². The quantitative estimate of drug-likeness (QED) is 0.833. The summed E-state index contributed by atoms with van der Waals surface area (Å²) in [6, 6.07) is 0.995. The number of hydrogen-bond acceptors (Lipinski definition) is 4. The zero-order valence-corrected chi connectivity index (χ0v) is 14.0. The Morgan fingerprint density at radius 3 is 2.88 bits per heavy atom. The fraction of sp³-hybridized carbons (Fsp3) is 0.312.